The second-order valence-corrected chi connectivity index (χ2v) is 8.91. The lowest BCUT2D eigenvalue weighted by molar-refractivity contribution is -0.121. The van der Waals surface area contributed by atoms with E-state index in [1.165, 1.54) is 6.20 Å². The minimum atomic E-state index is -0.459. The molecular formula is C27H25N5O4. The molecule has 9 nitrogen and oxygen atoms in total. The number of ether oxygens (including phenoxy) is 1. The topological polar surface area (TPSA) is 102 Å². The number of aromatic nitrogens is 3. The highest BCUT2D eigenvalue weighted by molar-refractivity contribution is 5.99. The van der Waals surface area contributed by atoms with E-state index in [1.807, 2.05) is 64.1 Å². The standard InChI is InChI=1S/C27H25N5O4/c33-23-16-31-17-29-22-10-12-32(27(34)21-15-30-36-26(21)18-6-2-1-3-7-18)24(25(22)31)19-8-4-9-20(14-19)35-13-5-11-28-23/h1-4,6-9,14-15,17,24H,5,10-13,16H2,(H,28,33). The maximum atomic E-state index is 14.1. The van der Waals surface area contributed by atoms with Crippen molar-refractivity contribution in [2.75, 3.05) is 19.7 Å². The monoisotopic (exact) mass is 483 g/mol. The Bertz CT molecular complexity index is 1410. The van der Waals surface area contributed by atoms with Crippen LogP contribution in [0, 0.1) is 0 Å². The summed E-state index contributed by atoms with van der Waals surface area (Å²) in [5.41, 5.74) is 3.78. The van der Waals surface area contributed by atoms with Crippen LogP contribution >= 0.6 is 0 Å². The van der Waals surface area contributed by atoms with Gasteiger partial charge >= 0.3 is 0 Å². The van der Waals surface area contributed by atoms with Crippen molar-refractivity contribution in [3.05, 3.63) is 89.6 Å². The second kappa shape index (κ2) is 9.33. The summed E-state index contributed by atoms with van der Waals surface area (Å²) in [5.74, 6) is 0.854. The molecule has 2 aliphatic rings. The molecule has 0 aliphatic carbocycles. The summed E-state index contributed by atoms with van der Waals surface area (Å²) in [7, 11) is 0. The summed E-state index contributed by atoms with van der Waals surface area (Å²) in [6.45, 7) is 1.60. The van der Waals surface area contributed by atoms with E-state index in [2.05, 4.69) is 15.5 Å². The Hall–Kier alpha value is -4.40. The van der Waals surface area contributed by atoms with Crippen molar-refractivity contribution < 1.29 is 18.8 Å². The Morgan fingerprint density at radius 1 is 1.11 bits per heavy atom. The number of nitrogens with one attached hydrogen (secondary N) is 1. The molecular weight excluding hydrogens is 458 g/mol. The fourth-order valence-corrected chi connectivity index (χ4v) is 4.95. The Kier molecular flexibility index (Phi) is 5.73. The van der Waals surface area contributed by atoms with Gasteiger partial charge in [-0.05, 0) is 24.1 Å². The fraction of sp³-hybridized carbons (Fsp3) is 0.259. The van der Waals surface area contributed by atoms with Gasteiger partial charge in [0.1, 0.15) is 17.9 Å². The molecule has 1 atom stereocenters. The lowest BCUT2D eigenvalue weighted by Crippen LogP contribution is -2.42. The first-order valence-electron chi connectivity index (χ1n) is 12.0. The van der Waals surface area contributed by atoms with Crippen LogP contribution in [0.15, 0.2) is 71.6 Å². The predicted molar refractivity (Wildman–Crippen MR) is 130 cm³/mol. The number of carbonyl (C=O) groups is 2. The lowest BCUT2D eigenvalue weighted by atomic mass is 9.94. The van der Waals surface area contributed by atoms with E-state index in [1.54, 1.807) is 6.33 Å². The number of amides is 2. The molecule has 0 fully saturated rings. The van der Waals surface area contributed by atoms with Gasteiger partial charge in [-0.1, -0.05) is 47.6 Å². The van der Waals surface area contributed by atoms with Crippen LogP contribution < -0.4 is 10.1 Å². The zero-order chi connectivity index (χ0) is 24.5. The van der Waals surface area contributed by atoms with Crippen LogP contribution in [0.4, 0.5) is 0 Å². The molecule has 9 heteroatoms. The van der Waals surface area contributed by atoms with Crippen molar-refractivity contribution in [1.29, 1.82) is 0 Å². The van der Waals surface area contributed by atoms with Crippen LogP contribution in [-0.2, 0) is 17.8 Å². The molecule has 0 saturated carbocycles. The molecule has 4 heterocycles. The van der Waals surface area contributed by atoms with Crippen LogP contribution in [0.5, 0.6) is 5.75 Å². The minimum Gasteiger partial charge on any atom is -0.494 e. The molecule has 1 N–H and O–H groups in total. The third-order valence-corrected chi connectivity index (χ3v) is 6.62. The first-order chi connectivity index (χ1) is 17.7. The van der Waals surface area contributed by atoms with Gasteiger partial charge in [-0.25, -0.2) is 4.98 Å². The summed E-state index contributed by atoms with van der Waals surface area (Å²) in [5, 5.41) is 6.89. The average Bonchev–Trinajstić information content (AvgIpc) is 3.56. The molecule has 2 bridgehead atoms. The number of fused-ring (bicyclic) bond motifs is 3. The molecule has 2 aromatic carbocycles. The van der Waals surface area contributed by atoms with Gasteiger partial charge in [0, 0.05) is 25.1 Å². The summed E-state index contributed by atoms with van der Waals surface area (Å²) >= 11 is 0. The quantitative estimate of drug-likeness (QED) is 0.470. The Labute approximate surface area is 207 Å². The van der Waals surface area contributed by atoms with Gasteiger partial charge in [0.2, 0.25) is 5.91 Å². The maximum Gasteiger partial charge on any atom is 0.260 e. The number of nitrogens with zero attached hydrogens (tertiary/aromatic N) is 4. The minimum absolute atomic E-state index is 0.103. The number of hydrogen-bond acceptors (Lipinski definition) is 6. The van der Waals surface area contributed by atoms with Crippen molar-refractivity contribution >= 4 is 11.8 Å². The van der Waals surface area contributed by atoms with Gasteiger partial charge in [-0.15, -0.1) is 0 Å². The molecule has 4 aromatic rings. The van der Waals surface area contributed by atoms with E-state index < -0.39 is 6.04 Å². The van der Waals surface area contributed by atoms with E-state index in [0.29, 0.717) is 43.9 Å². The fourth-order valence-electron chi connectivity index (χ4n) is 4.95. The van der Waals surface area contributed by atoms with Crippen LogP contribution in [0.3, 0.4) is 0 Å². The number of imidazole rings is 1. The van der Waals surface area contributed by atoms with Gasteiger partial charge in [0.25, 0.3) is 5.91 Å². The van der Waals surface area contributed by atoms with Crippen molar-refractivity contribution in [2.45, 2.75) is 25.4 Å². The SMILES string of the molecule is O=C1Cn2cnc3c2C(c2cccc(c2)OCCCN1)N(C(=O)c1cnoc1-c1ccccc1)CC3. The predicted octanol–water partition coefficient (Wildman–Crippen LogP) is 3.22. The highest BCUT2D eigenvalue weighted by atomic mass is 16.5. The molecule has 0 spiro atoms. The Balaban J connectivity index is 1.46. The molecule has 2 aromatic heterocycles. The Morgan fingerprint density at radius 3 is 2.89 bits per heavy atom. The summed E-state index contributed by atoms with van der Waals surface area (Å²) in [4.78, 5) is 33.1. The van der Waals surface area contributed by atoms with Crippen molar-refractivity contribution in [3.63, 3.8) is 0 Å². The van der Waals surface area contributed by atoms with Gasteiger partial charge in [0.15, 0.2) is 5.76 Å². The van der Waals surface area contributed by atoms with Gasteiger partial charge in [0.05, 0.1) is 36.6 Å². The molecule has 2 amide bonds. The van der Waals surface area contributed by atoms with E-state index in [9.17, 15) is 9.59 Å². The zero-order valence-electron chi connectivity index (χ0n) is 19.6. The van der Waals surface area contributed by atoms with Crippen LogP contribution in [0.2, 0.25) is 0 Å². The second-order valence-electron chi connectivity index (χ2n) is 8.91. The first kappa shape index (κ1) is 22.1. The highest BCUT2D eigenvalue weighted by Crippen LogP contribution is 2.38. The zero-order valence-corrected chi connectivity index (χ0v) is 19.6. The molecule has 1 unspecified atom stereocenters. The molecule has 36 heavy (non-hydrogen) atoms. The van der Waals surface area contributed by atoms with Crippen LogP contribution in [0.1, 0.15) is 39.8 Å². The number of hydrogen-bond donors (Lipinski definition) is 1. The molecule has 182 valence electrons. The lowest BCUT2D eigenvalue weighted by Gasteiger charge is -2.36. The van der Waals surface area contributed by atoms with Crippen molar-refractivity contribution in [1.82, 2.24) is 24.9 Å². The normalized spacial score (nSPS) is 17.6. The van der Waals surface area contributed by atoms with E-state index in [0.717, 1.165) is 28.3 Å². The number of carbonyl (C=O) groups excluding carboxylic acids is 2. The van der Waals surface area contributed by atoms with E-state index in [-0.39, 0.29) is 18.4 Å². The van der Waals surface area contributed by atoms with Crippen LogP contribution in [0.25, 0.3) is 11.3 Å². The van der Waals surface area contributed by atoms with Crippen molar-refractivity contribution in [2.24, 2.45) is 0 Å². The summed E-state index contributed by atoms with van der Waals surface area (Å²) in [6.07, 6.45) is 4.44. The van der Waals surface area contributed by atoms with Crippen molar-refractivity contribution in [3.8, 4) is 17.1 Å². The third-order valence-electron chi connectivity index (χ3n) is 6.62. The summed E-state index contributed by atoms with van der Waals surface area (Å²) in [6, 6.07) is 16.8. The molecule has 6 rings (SSSR count). The van der Waals surface area contributed by atoms with Crippen LogP contribution in [-0.4, -0.2) is 51.1 Å². The smallest absolute Gasteiger partial charge is 0.260 e. The number of benzene rings is 2. The van der Waals surface area contributed by atoms with E-state index in [4.69, 9.17) is 9.26 Å². The largest absolute Gasteiger partial charge is 0.494 e. The third kappa shape index (κ3) is 4.02. The summed E-state index contributed by atoms with van der Waals surface area (Å²) < 4.78 is 13.3. The molecule has 0 radical (unpaired) electrons. The van der Waals surface area contributed by atoms with Gasteiger partial charge < -0.3 is 24.0 Å². The van der Waals surface area contributed by atoms with Gasteiger partial charge in [-0.3, -0.25) is 9.59 Å². The van der Waals surface area contributed by atoms with E-state index >= 15 is 0 Å². The highest BCUT2D eigenvalue weighted by Gasteiger charge is 2.38. The maximum absolute atomic E-state index is 14.1. The Morgan fingerprint density at radius 2 is 2.00 bits per heavy atom. The average molecular weight is 484 g/mol. The molecule has 0 saturated heterocycles. The first-order valence-corrected chi connectivity index (χ1v) is 12.0. The molecule has 2 aliphatic heterocycles. The van der Waals surface area contributed by atoms with Gasteiger partial charge in [-0.2, -0.15) is 0 Å². The number of rotatable bonds is 2.